The maximum Gasteiger partial charge on any atom is 0.410 e. The number of aromatic nitrogens is 5. The third-order valence-electron chi connectivity index (χ3n) is 7.09. The molecule has 196 valence electrons. The molecule has 1 aliphatic carbocycles. The molecule has 0 radical (unpaired) electrons. The van der Waals surface area contributed by atoms with Gasteiger partial charge in [-0.05, 0) is 51.8 Å². The number of ether oxygens (including phenoxy) is 2. The van der Waals surface area contributed by atoms with E-state index >= 15 is 0 Å². The van der Waals surface area contributed by atoms with E-state index in [2.05, 4.69) is 20.3 Å². The molecule has 1 amide bonds. The number of rotatable bonds is 5. The fourth-order valence-electron chi connectivity index (χ4n) is 5.40. The van der Waals surface area contributed by atoms with Crippen LogP contribution < -0.4 is 10.1 Å². The van der Waals surface area contributed by atoms with Crippen LogP contribution in [-0.4, -0.2) is 61.5 Å². The van der Waals surface area contributed by atoms with Crippen molar-refractivity contribution in [3.8, 4) is 22.9 Å². The minimum atomic E-state index is -0.488. The molecule has 10 nitrogen and oxygen atoms in total. The number of nitrogens with zero attached hydrogens (tertiary/aromatic N) is 6. The average molecular weight is 514 g/mol. The van der Waals surface area contributed by atoms with Crippen LogP contribution in [0.15, 0.2) is 55.0 Å². The maximum absolute atomic E-state index is 12.4. The van der Waals surface area contributed by atoms with Crippen LogP contribution in [0.25, 0.3) is 22.3 Å². The minimum Gasteiger partial charge on any atom is -0.444 e. The van der Waals surface area contributed by atoms with Gasteiger partial charge in [0, 0.05) is 43.4 Å². The molecule has 1 saturated heterocycles. The number of para-hydroxylation sites is 1. The van der Waals surface area contributed by atoms with Gasteiger partial charge in [0.25, 0.3) is 0 Å². The Bertz CT molecular complexity index is 1460. The van der Waals surface area contributed by atoms with Crippen LogP contribution in [0.4, 0.5) is 10.6 Å². The molecule has 38 heavy (non-hydrogen) atoms. The van der Waals surface area contributed by atoms with E-state index in [-0.39, 0.29) is 17.6 Å². The van der Waals surface area contributed by atoms with Gasteiger partial charge in [0.1, 0.15) is 29.2 Å². The van der Waals surface area contributed by atoms with E-state index in [1.807, 2.05) is 75.0 Å². The summed E-state index contributed by atoms with van der Waals surface area (Å²) in [5, 5.41) is 9.06. The Hall–Kier alpha value is -4.21. The van der Waals surface area contributed by atoms with Crippen LogP contribution in [0.5, 0.6) is 11.6 Å². The largest absolute Gasteiger partial charge is 0.444 e. The first-order chi connectivity index (χ1) is 18.2. The summed E-state index contributed by atoms with van der Waals surface area (Å²) >= 11 is 0. The Kier molecular flexibility index (Phi) is 5.70. The second kappa shape index (κ2) is 8.97. The maximum atomic E-state index is 12.4. The molecule has 4 aromatic rings. The van der Waals surface area contributed by atoms with Gasteiger partial charge in [0.15, 0.2) is 5.65 Å². The van der Waals surface area contributed by atoms with E-state index < -0.39 is 5.60 Å². The van der Waals surface area contributed by atoms with Crippen molar-refractivity contribution < 1.29 is 14.3 Å². The molecular weight excluding hydrogens is 482 g/mol. The van der Waals surface area contributed by atoms with Crippen LogP contribution >= 0.6 is 0 Å². The van der Waals surface area contributed by atoms with Crippen LogP contribution in [0.1, 0.15) is 39.7 Å². The highest BCUT2D eigenvalue weighted by atomic mass is 16.6. The molecular formula is C28H31N7O3. The van der Waals surface area contributed by atoms with Gasteiger partial charge in [0.05, 0.1) is 11.4 Å². The van der Waals surface area contributed by atoms with Gasteiger partial charge in [-0.25, -0.2) is 24.4 Å². The lowest BCUT2D eigenvalue weighted by Gasteiger charge is -2.58. The number of fused-ring (bicyclic) bond motifs is 1. The van der Waals surface area contributed by atoms with Crippen molar-refractivity contribution >= 4 is 22.9 Å². The van der Waals surface area contributed by atoms with E-state index in [0.29, 0.717) is 19.0 Å². The average Bonchev–Trinajstić information content (AvgIpc) is 3.22. The van der Waals surface area contributed by atoms with Crippen molar-refractivity contribution in [2.75, 3.05) is 25.5 Å². The summed E-state index contributed by atoms with van der Waals surface area (Å²) in [6, 6.07) is 13.6. The first-order valence-corrected chi connectivity index (χ1v) is 12.8. The summed E-state index contributed by atoms with van der Waals surface area (Å²) in [5.74, 6) is 1.96. The number of carbonyl (C=O) groups is 1. The third-order valence-corrected chi connectivity index (χ3v) is 7.09. The van der Waals surface area contributed by atoms with E-state index in [4.69, 9.17) is 14.6 Å². The highest BCUT2D eigenvalue weighted by Crippen LogP contribution is 2.55. The number of hydrogen-bond donors (Lipinski definition) is 1. The molecule has 0 bridgehead atoms. The van der Waals surface area contributed by atoms with E-state index in [9.17, 15) is 4.79 Å². The Balaban J connectivity index is 1.23. The van der Waals surface area contributed by atoms with Gasteiger partial charge in [-0.15, -0.1) is 0 Å². The van der Waals surface area contributed by atoms with Gasteiger partial charge in [0.2, 0.25) is 5.88 Å². The highest BCUT2D eigenvalue weighted by Gasteiger charge is 2.55. The van der Waals surface area contributed by atoms with Crippen molar-refractivity contribution in [2.45, 2.75) is 45.3 Å². The summed E-state index contributed by atoms with van der Waals surface area (Å²) in [5.41, 5.74) is 2.05. The quantitative estimate of drug-likeness (QED) is 0.383. The first kappa shape index (κ1) is 24.1. The number of amides is 1. The Labute approximate surface area is 221 Å². The lowest BCUT2D eigenvalue weighted by Crippen LogP contribution is -2.64. The summed E-state index contributed by atoms with van der Waals surface area (Å²) in [4.78, 5) is 27.8. The summed E-state index contributed by atoms with van der Waals surface area (Å²) in [7, 11) is 1.84. The van der Waals surface area contributed by atoms with Gasteiger partial charge >= 0.3 is 6.09 Å². The number of hydrogen-bond acceptors (Lipinski definition) is 8. The number of pyridine rings is 1. The lowest BCUT2D eigenvalue weighted by molar-refractivity contribution is -0.0920. The van der Waals surface area contributed by atoms with Crippen LogP contribution in [0.3, 0.4) is 0 Å². The molecule has 0 atom stereocenters. The molecule has 0 unspecified atom stereocenters. The molecule has 2 aliphatic rings. The smallest absolute Gasteiger partial charge is 0.410 e. The lowest BCUT2D eigenvalue weighted by atomic mass is 9.61. The number of likely N-dealkylation sites (tertiary alicyclic amines) is 1. The second-order valence-corrected chi connectivity index (χ2v) is 11.2. The molecule has 1 aromatic carbocycles. The van der Waals surface area contributed by atoms with Gasteiger partial charge < -0.3 is 19.7 Å². The van der Waals surface area contributed by atoms with E-state index in [1.54, 1.807) is 17.4 Å². The summed E-state index contributed by atoms with van der Waals surface area (Å²) in [6.07, 6.45) is 4.96. The predicted molar refractivity (Wildman–Crippen MR) is 143 cm³/mol. The molecule has 1 aliphatic heterocycles. The molecule has 1 saturated carbocycles. The Morgan fingerprint density at radius 3 is 2.47 bits per heavy atom. The van der Waals surface area contributed by atoms with Crippen LogP contribution in [-0.2, 0) is 4.74 Å². The zero-order valence-corrected chi connectivity index (χ0v) is 22.0. The van der Waals surface area contributed by atoms with Crippen LogP contribution in [0.2, 0.25) is 0 Å². The Morgan fingerprint density at radius 2 is 1.82 bits per heavy atom. The van der Waals surface area contributed by atoms with Crippen molar-refractivity contribution in [1.82, 2.24) is 29.6 Å². The summed E-state index contributed by atoms with van der Waals surface area (Å²) < 4.78 is 13.4. The monoisotopic (exact) mass is 513 g/mol. The standard InChI is InChI=1S/C28H31N7O3/c1-27(2,3)38-26(36)34-15-28(16-34)12-19(13-28)35-25-22(24(29-4)31-17-32-25)23(33-35)18-10-11-21(30-14-18)37-20-8-6-5-7-9-20/h5-11,14,17,19H,12-13,15-16H2,1-4H3,(H,29,31,32). The number of carbonyl (C=O) groups excluding carboxylic acids is 1. The SMILES string of the molecule is CNc1ncnc2c1c(-c1ccc(Oc3ccccc3)nc1)nn2C1CC2(C1)CN(C(=O)OC(C)(C)C)C2. The van der Waals surface area contributed by atoms with Gasteiger partial charge in [-0.3, -0.25) is 0 Å². The predicted octanol–water partition coefficient (Wildman–Crippen LogP) is 5.29. The van der Waals surface area contributed by atoms with Gasteiger partial charge in [-0.1, -0.05) is 18.2 Å². The van der Waals surface area contributed by atoms with E-state index in [1.165, 1.54) is 0 Å². The summed E-state index contributed by atoms with van der Waals surface area (Å²) in [6.45, 7) is 7.10. The van der Waals surface area contributed by atoms with Crippen molar-refractivity contribution in [3.05, 3.63) is 55.0 Å². The highest BCUT2D eigenvalue weighted by molar-refractivity contribution is 5.99. The van der Waals surface area contributed by atoms with Gasteiger partial charge in [-0.2, -0.15) is 5.10 Å². The molecule has 1 N–H and O–H groups in total. The van der Waals surface area contributed by atoms with Crippen LogP contribution in [0, 0.1) is 5.41 Å². The first-order valence-electron chi connectivity index (χ1n) is 12.8. The molecule has 1 spiro atoms. The molecule has 2 fully saturated rings. The van der Waals surface area contributed by atoms with E-state index in [0.717, 1.165) is 46.7 Å². The zero-order chi connectivity index (χ0) is 26.5. The number of nitrogens with one attached hydrogen (secondary N) is 1. The second-order valence-electron chi connectivity index (χ2n) is 11.2. The zero-order valence-electron chi connectivity index (χ0n) is 22.0. The van der Waals surface area contributed by atoms with Crippen molar-refractivity contribution in [1.29, 1.82) is 0 Å². The number of anilines is 1. The minimum absolute atomic E-state index is 0.122. The fraction of sp³-hybridized carbons (Fsp3) is 0.393. The molecule has 10 heteroatoms. The molecule has 4 heterocycles. The van der Waals surface area contributed by atoms with Crippen molar-refractivity contribution in [2.24, 2.45) is 5.41 Å². The third kappa shape index (κ3) is 4.40. The fourth-order valence-corrected chi connectivity index (χ4v) is 5.40. The molecule has 3 aromatic heterocycles. The topological polar surface area (TPSA) is 107 Å². The normalized spacial score (nSPS) is 16.7. The Morgan fingerprint density at radius 1 is 1.05 bits per heavy atom. The van der Waals surface area contributed by atoms with Crippen molar-refractivity contribution in [3.63, 3.8) is 0 Å². The molecule has 6 rings (SSSR count). The number of benzene rings is 1.